The summed E-state index contributed by atoms with van der Waals surface area (Å²) in [5.74, 6) is 1.15. The van der Waals surface area contributed by atoms with Crippen molar-refractivity contribution in [3.8, 4) is 11.1 Å². The van der Waals surface area contributed by atoms with Crippen LogP contribution in [0.25, 0.3) is 11.1 Å². The van der Waals surface area contributed by atoms with Crippen LogP contribution >= 0.6 is 0 Å². The molecule has 0 aliphatic carbocycles. The highest BCUT2D eigenvalue weighted by atomic mass is 16.5. The van der Waals surface area contributed by atoms with Crippen molar-refractivity contribution in [3.05, 3.63) is 59.8 Å². The summed E-state index contributed by atoms with van der Waals surface area (Å²) in [4.78, 5) is 26.3. The van der Waals surface area contributed by atoms with E-state index in [1.165, 1.54) is 0 Å². The molecule has 0 saturated carbocycles. The third-order valence-electron chi connectivity index (χ3n) is 6.34. The lowest BCUT2D eigenvalue weighted by molar-refractivity contribution is 0.0519. The Kier molecular flexibility index (Phi) is 8.58. The highest BCUT2D eigenvalue weighted by Crippen LogP contribution is 2.34. The summed E-state index contributed by atoms with van der Waals surface area (Å²) < 4.78 is 10.8. The molecule has 38 heavy (non-hydrogen) atoms. The second-order valence-electron chi connectivity index (χ2n) is 9.61. The third-order valence-corrected chi connectivity index (χ3v) is 6.34. The van der Waals surface area contributed by atoms with Gasteiger partial charge in [0.1, 0.15) is 17.5 Å². The van der Waals surface area contributed by atoms with Crippen molar-refractivity contribution in [2.24, 2.45) is 5.92 Å². The van der Waals surface area contributed by atoms with Crippen molar-refractivity contribution < 1.29 is 14.3 Å². The fourth-order valence-electron chi connectivity index (χ4n) is 4.27. The fraction of sp³-hybridized carbons (Fsp3) is 0.379. The van der Waals surface area contributed by atoms with Gasteiger partial charge in [0.2, 0.25) is 0 Å². The number of ether oxygens (including phenoxy) is 2. The Morgan fingerprint density at radius 1 is 1.13 bits per heavy atom. The van der Waals surface area contributed by atoms with Crippen LogP contribution in [0, 0.1) is 11.3 Å². The molecule has 3 aromatic rings. The highest BCUT2D eigenvalue weighted by molar-refractivity contribution is 6.10. The number of rotatable bonds is 9. The van der Waals surface area contributed by atoms with E-state index in [2.05, 4.69) is 32.3 Å². The molecule has 0 unspecified atom stereocenters. The molecule has 1 fully saturated rings. The van der Waals surface area contributed by atoms with Crippen molar-refractivity contribution in [3.63, 3.8) is 0 Å². The lowest BCUT2D eigenvalue weighted by Gasteiger charge is -2.29. The zero-order chi connectivity index (χ0) is 27.2. The number of nitrogens with one attached hydrogen (secondary N) is 2. The molecule has 0 spiro atoms. The molecule has 9 heteroatoms. The van der Waals surface area contributed by atoms with Gasteiger partial charge in [-0.05, 0) is 54.3 Å². The van der Waals surface area contributed by atoms with E-state index in [-0.39, 0.29) is 18.2 Å². The SMILES string of the molecule is CCOC(=O)c1cc(-c2ccc(N3CCOCC3)cc2)c(C(=N)C(C)C)c(Nc2cccc(N(C)C)n2)n1. The fourth-order valence-corrected chi connectivity index (χ4v) is 4.27. The lowest BCUT2D eigenvalue weighted by Crippen LogP contribution is -2.36. The van der Waals surface area contributed by atoms with Gasteiger partial charge in [-0.15, -0.1) is 0 Å². The number of nitrogens with zero attached hydrogens (tertiary/aromatic N) is 4. The van der Waals surface area contributed by atoms with Gasteiger partial charge in [0.25, 0.3) is 0 Å². The van der Waals surface area contributed by atoms with Crippen LogP contribution in [0.2, 0.25) is 0 Å². The number of pyridine rings is 2. The van der Waals surface area contributed by atoms with Gasteiger partial charge in [0.05, 0.1) is 19.8 Å². The molecular formula is C29H36N6O3. The standard InChI is InChI=1S/C29H36N6O3/c1-6-38-29(36)23-18-22(20-10-12-21(13-11-20)35-14-16-37-17-15-35)26(27(30)19(2)3)28(31-23)33-24-8-7-9-25(32-24)34(4)5/h7-13,18-19,30H,6,14-17H2,1-5H3,(H,31,32,33). The monoisotopic (exact) mass is 516 g/mol. The Bertz CT molecular complexity index is 1280. The Hall–Kier alpha value is -3.98. The largest absolute Gasteiger partial charge is 0.461 e. The van der Waals surface area contributed by atoms with Gasteiger partial charge < -0.3 is 30.0 Å². The highest BCUT2D eigenvalue weighted by Gasteiger charge is 2.24. The van der Waals surface area contributed by atoms with Gasteiger partial charge in [0, 0.05) is 44.1 Å². The minimum absolute atomic E-state index is 0.0711. The van der Waals surface area contributed by atoms with Gasteiger partial charge in [-0.25, -0.2) is 14.8 Å². The first-order valence-electron chi connectivity index (χ1n) is 12.9. The Labute approximate surface area is 224 Å². The summed E-state index contributed by atoms with van der Waals surface area (Å²) in [7, 11) is 3.84. The van der Waals surface area contributed by atoms with Gasteiger partial charge >= 0.3 is 5.97 Å². The molecule has 0 radical (unpaired) electrons. The summed E-state index contributed by atoms with van der Waals surface area (Å²) >= 11 is 0. The average Bonchev–Trinajstić information content (AvgIpc) is 2.93. The van der Waals surface area contributed by atoms with Crippen molar-refractivity contribution in [1.82, 2.24) is 9.97 Å². The maximum Gasteiger partial charge on any atom is 0.357 e. The van der Waals surface area contributed by atoms with E-state index >= 15 is 0 Å². The van der Waals surface area contributed by atoms with Crippen molar-refractivity contribution in [1.29, 1.82) is 5.41 Å². The first kappa shape index (κ1) is 27.1. The van der Waals surface area contributed by atoms with E-state index in [1.54, 1.807) is 13.0 Å². The minimum Gasteiger partial charge on any atom is -0.461 e. The van der Waals surface area contributed by atoms with Crippen molar-refractivity contribution >= 4 is 34.8 Å². The number of anilines is 4. The maximum absolute atomic E-state index is 12.8. The topological polar surface area (TPSA) is 104 Å². The summed E-state index contributed by atoms with van der Waals surface area (Å²) in [6, 6.07) is 15.6. The molecule has 1 aromatic carbocycles. The summed E-state index contributed by atoms with van der Waals surface area (Å²) in [5.41, 5.74) is 3.94. The van der Waals surface area contributed by atoms with Crippen LogP contribution < -0.4 is 15.1 Å². The molecule has 0 bridgehead atoms. The molecule has 1 aliphatic rings. The molecule has 2 aromatic heterocycles. The predicted octanol–water partition coefficient (Wildman–Crippen LogP) is 4.99. The normalized spacial score (nSPS) is 13.4. The molecule has 0 amide bonds. The Morgan fingerprint density at radius 3 is 2.47 bits per heavy atom. The molecular weight excluding hydrogens is 480 g/mol. The molecule has 200 valence electrons. The predicted molar refractivity (Wildman–Crippen MR) is 152 cm³/mol. The summed E-state index contributed by atoms with van der Waals surface area (Å²) in [5, 5.41) is 12.3. The van der Waals surface area contributed by atoms with E-state index < -0.39 is 5.97 Å². The number of hydrogen-bond donors (Lipinski definition) is 2. The van der Waals surface area contributed by atoms with Crippen LogP contribution in [0.5, 0.6) is 0 Å². The van der Waals surface area contributed by atoms with Crippen LogP contribution in [-0.2, 0) is 9.47 Å². The maximum atomic E-state index is 12.8. The molecule has 0 atom stereocenters. The van der Waals surface area contributed by atoms with E-state index in [4.69, 9.17) is 14.9 Å². The smallest absolute Gasteiger partial charge is 0.357 e. The van der Waals surface area contributed by atoms with Crippen LogP contribution in [0.15, 0.2) is 48.5 Å². The van der Waals surface area contributed by atoms with E-state index in [1.807, 2.05) is 63.2 Å². The van der Waals surface area contributed by atoms with Crippen LogP contribution in [0.1, 0.15) is 36.8 Å². The van der Waals surface area contributed by atoms with Crippen LogP contribution in [0.3, 0.4) is 0 Å². The molecule has 2 N–H and O–H groups in total. The Morgan fingerprint density at radius 2 is 1.84 bits per heavy atom. The number of morpholine rings is 1. The molecule has 9 nitrogen and oxygen atoms in total. The molecule has 1 saturated heterocycles. The van der Waals surface area contributed by atoms with E-state index in [0.717, 1.165) is 35.7 Å². The number of benzene rings is 1. The number of hydrogen-bond acceptors (Lipinski definition) is 9. The van der Waals surface area contributed by atoms with Gasteiger partial charge in [-0.2, -0.15) is 0 Å². The van der Waals surface area contributed by atoms with E-state index in [9.17, 15) is 4.79 Å². The number of carbonyl (C=O) groups is 1. The van der Waals surface area contributed by atoms with Crippen molar-refractivity contribution in [2.45, 2.75) is 20.8 Å². The van der Waals surface area contributed by atoms with E-state index in [0.29, 0.717) is 36.1 Å². The molecule has 4 rings (SSSR count). The number of esters is 1. The van der Waals surface area contributed by atoms with Crippen LogP contribution in [-0.4, -0.2) is 68.7 Å². The third kappa shape index (κ3) is 6.11. The zero-order valence-electron chi connectivity index (χ0n) is 22.7. The molecule has 3 heterocycles. The second-order valence-corrected chi connectivity index (χ2v) is 9.61. The lowest BCUT2D eigenvalue weighted by atomic mass is 9.91. The number of carbonyl (C=O) groups excluding carboxylic acids is 1. The van der Waals surface area contributed by atoms with Gasteiger partial charge in [-0.3, -0.25) is 0 Å². The quantitative estimate of drug-likeness (QED) is 0.303. The minimum atomic E-state index is -0.514. The summed E-state index contributed by atoms with van der Waals surface area (Å²) in [6.45, 7) is 9.06. The average molecular weight is 517 g/mol. The van der Waals surface area contributed by atoms with Gasteiger partial charge in [0.15, 0.2) is 5.69 Å². The summed E-state index contributed by atoms with van der Waals surface area (Å²) in [6.07, 6.45) is 0. The van der Waals surface area contributed by atoms with Crippen LogP contribution in [0.4, 0.5) is 23.1 Å². The van der Waals surface area contributed by atoms with Crippen molar-refractivity contribution in [2.75, 3.05) is 62.1 Å². The van der Waals surface area contributed by atoms with Gasteiger partial charge in [-0.1, -0.05) is 32.0 Å². The first-order chi connectivity index (χ1) is 18.3. The molecule has 1 aliphatic heterocycles. The zero-order valence-corrected chi connectivity index (χ0v) is 22.7. The number of aromatic nitrogens is 2. The second kappa shape index (κ2) is 12.0. The Balaban J connectivity index is 1.85. The first-order valence-corrected chi connectivity index (χ1v) is 12.9.